The predicted octanol–water partition coefficient (Wildman–Crippen LogP) is 4.63. The van der Waals surface area contributed by atoms with E-state index in [1.165, 1.54) is 0 Å². The van der Waals surface area contributed by atoms with Crippen molar-refractivity contribution in [3.63, 3.8) is 0 Å². The van der Waals surface area contributed by atoms with E-state index in [2.05, 4.69) is 20.3 Å². The molecule has 0 aliphatic rings. The van der Waals surface area contributed by atoms with Crippen LogP contribution in [0.4, 0.5) is 0 Å². The van der Waals surface area contributed by atoms with Crippen LogP contribution in [0.2, 0.25) is 0 Å². The van der Waals surface area contributed by atoms with Crippen LogP contribution in [0, 0.1) is 13.8 Å². The maximum Gasteiger partial charge on any atom is 0.196 e. The van der Waals surface area contributed by atoms with Crippen LogP contribution >= 0.6 is 11.8 Å². The Morgan fingerprint density at radius 3 is 2.59 bits per heavy atom. The van der Waals surface area contributed by atoms with Crippen LogP contribution in [0.25, 0.3) is 17.1 Å². The van der Waals surface area contributed by atoms with Crippen molar-refractivity contribution >= 4 is 11.8 Å². The normalized spacial score (nSPS) is 11.0. The molecule has 0 bridgehead atoms. The molecular formula is C21H21N5O2S. The van der Waals surface area contributed by atoms with Crippen LogP contribution in [0.5, 0.6) is 5.75 Å². The third-order valence-corrected chi connectivity index (χ3v) is 5.44. The Labute approximate surface area is 173 Å². The number of hydrogen-bond donors (Lipinski definition) is 0. The molecule has 0 unspecified atom stereocenters. The van der Waals surface area contributed by atoms with Crippen LogP contribution in [-0.4, -0.2) is 31.5 Å². The molecule has 0 fully saturated rings. The Kier molecular flexibility index (Phi) is 5.62. The summed E-state index contributed by atoms with van der Waals surface area (Å²) in [5.41, 5.74) is 3.84. The van der Waals surface area contributed by atoms with Crippen LogP contribution in [-0.2, 0) is 5.75 Å². The lowest BCUT2D eigenvalue weighted by atomic mass is 10.2. The molecule has 148 valence electrons. The zero-order chi connectivity index (χ0) is 20.2. The molecule has 0 radical (unpaired) electrons. The molecule has 4 aromatic rings. The first-order valence-corrected chi connectivity index (χ1v) is 10.3. The van der Waals surface area contributed by atoms with Gasteiger partial charge in [0.05, 0.1) is 12.3 Å². The molecule has 4 rings (SSSR count). The molecule has 29 heavy (non-hydrogen) atoms. The summed E-state index contributed by atoms with van der Waals surface area (Å²) in [7, 11) is 0. The van der Waals surface area contributed by atoms with E-state index in [0.29, 0.717) is 12.4 Å². The summed E-state index contributed by atoms with van der Waals surface area (Å²) in [6.07, 6.45) is 3.53. The van der Waals surface area contributed by atoms with E-state index >= 15 is 0 Å². The lowest BCUT2D eigenvalue weighted by Crippen LogP contribution is -2.01. The molecule has 7 nitrogen and oxygen atoms in total. The third kappa shape index (κ3) is 4.02. The molecule has 0 amide bonds. The lowest BCUT2D eigenvalue weighted by Gasteiger charge is -2.11. The molecule has 3 heterocycles. The van der Waals surface area contributed by atoms with Gasteiger partial charge in [-0.05, 0) is 57.2 Å². The van der Waals surface area contributed by atoms with Crippen molar-refractivity contribution in [2.45, 2.75) is 31.7 Å². The second kappa shape index (κ2) is 8.48. The minimum atomic E-state index is 0.630. The fraction of sp³-hybridized carbons (Fsp3) is 0.238. The van der Waals surface area contributed by atoms with Gasteiger partial charge in [0.15, 0.2) is 11.0 Å². The fourth-order valence-electron chi connectivity index (χ4n) is 2.98. The molecule has 0 N–H and O–H groups in total. The summed E-state index contributed by atoms with van der Waals surface area (Å²) in [6.45, 7) is 6.47. The Balaban J connectivity index is 1.72. The second-order valence-electron chi connectivity index (χ2n) is 6.40. The van der Waals surface area contributed by atoms with Crippen LogP contribution in [0.15, 0.2) is 58.5 Å². The molecule has 0 atom stereocenters. The van der Waals surface area contributed by atoms with Gasteiger partial charge in [0.25, 0.3) is 0 Å². The van der Waals surface area contributed by atoms with E-state index in [4.69, 9.17) is 9.26 Å². The highest BCUT2D eigenvalue weighted by Crippen LogP contribution is 2.31. The average molecular weight is 407 g/mol. The Bertz CT molecular complexity index is 1070. The van der Waals surface area contributed by atoms with Crippen molar-refractivity contribution in [3.05, 3.63) is 65.8 Å². The number of pyridine rings is 1. The Morgan fingerprint density at radius 2 is 1.93 bits per heavy atom. The molecule has 0 saturated carbocycles. The monoisotopic (exact) mass is 407 g/mol. The third-order valence-electron chi connectivity index (χ3n) is 4.49. The first-order chi connectivity index (χ1) is 14.2. The van der Waals surface area contributed by atoms with Crippen LogP contribution in [0.3, 0.4) is 0 Å². The van der Waals surface area contributed by atoms with Gasteiger partial charge in [-0.25, -0.2) is 0 Å². The number of benzene rings is 1. The van der Waals surface area contributed by atoms with Crippen molar-refractivity contribution in [2.75, 3.05) is 6.61 Å². The largest absolute Gasteiger partial charge is 0.494 e. The molecule has 0 saturated heterocycles. The van der Waals surface area contributed by atoms with Crippen molar-refractivity contribution < 1.29 is 9.26 Å². The molecule has 0 spiro atoms. The standard InChI is InChI=1S/C21H21N5O2S/c1-4-27-18-9-7-17(8-10-18)26-20(16-6-5-11-22-12-16)23-24-21(26)29-13-19-14(2)25-28-15(19)3/h5-12H,4,13H2,1-3H3. The first-order valence-electron chi connectivity index (χ1n) is 9.31. The number of rotatable bonds is 7. The molecular weight excluding hydrogens is 386 g/mol. The number of aromatic nitrogens is 5. The number of hydrogen-bond acceptors (Lipinski definition) is 7. The first kappa shape index (κ1) is 19.2. The summed E-state index contributed by atoms with van der Waals surface area (Å²) in [4.78, 5) is 4.22. The molecule has 3 aromatic heterocycles. The maximum atomic E-state index is 5.57. The van der Waals surface area contributed by atoms with Gasteiger partial charge in [-0.3, -0.25) is 9.55 Å². The topological polar surface area (TPSA) is 78.9 Å². The Morgan fingerprint density at radius 1 is 1.10 bits per heavy atom. The van der Waals surface area contributed by atoms with Crippen molar-refractivity contribution in [2.24, 2.45) is 0 Å². The van der Waals surface area contributed by atoms with Gasteiger partial charge in [-0.1, -0.05) is 16.9 Å². The maximum absolute atomic E-state index is 5.57. The molecule has 0 aliphatic carbocycles. The summed E-state index contributed by atoms with van der Waals surface area (Å²) in [5.74, 6) is 3.10. The zero-order valence-electron chi connectivity index (χ0n) is 16.5. The van der Waals surface area contributed by atoms with E-state index < -0.39 is 0 Å². The van der Waals surface area contributed by atoms with Gasteiger partial charge in [0.1, 0.15) is 11.5 Å². The zero-order valence-corrected chi connectivity index (χ0v) is 17.3. The predicted molar refractivity (Wildman–Crippen MR) is 111 cm³/mol. The van der Waals surface area contributed by atoms with Crippen LogP contribution < -0.4 is 4.74 Å². The van der Waals surface area contributed by atoms with Gasteiger partial charge >= 0.3 is 0 Å². The van der Waals surface area contributed by atoms with E-state index in [1.54, 1.807) is 24.2 Å². The van der Waals surface area contributed by atoms with Gasteiger partial charge in [0.2, 0.25) is 0 Å². The number of nitrogens with zero attached hydrogens (tertiary/aromatic N) is 5. The van der Waals surface area contributed by atoms with Crippen molar-refractivity contribution in [1.29, 1.82) is 0 Å². The van der Waals surface area contributed by atoms with Gasteiger partial charge < -0.3 is 9.26 Å². The van der Waals surface area contributed by atoms with Gasteiger partial charge in [0, 0.05) is 35.0 Å². The van der Waals surface area contributed by atoms with E-state index in [9.17, 15) is 0 Å². The van der Waals surface area contributed by atoms with Crippen molar-refractivity contribution in [1.82, 2.24) is 24.9 Å². The highest BCUT2D eigenvalue weighted by Gasteiger charge is 2.18. The number of aryl methyl sites for hydroxylation is 2. The molecule has 0 aliphatic heterocycles. The van der Waals surface area contributed by atoms with Gasteiger partial charge in [-0.15, -0.1) is 10.2 Å². The minimum absolute atomic E-state index is 0.630. The second-order valence-corrected chi connectivity index (χ2v) is 7.34. The smallest absolute Gasteiger partial charge is 0.196 e. The van der Waals surface area contributed by atoms with E-state index in [0.717, 1.165) is 45.0 Å². The minimum Gasteiger partial charge on any atom is -0.494 e. The summed E-state index contributed by atoms with van der Waals surface area (Å²) >= 11 is 1.60. The van der Waals surface area contributed by atoms with Crippen molar-refractivity contribution in [3.8, 4) is 22.8 Å². The summed E-state index contributed by atoms with van der Waals surface area (Å²) in [5, 5.41) is 13.7. The summed E-state index contributed by atoms with van der Waals surface area (Å²) in [6, 6.07) is 11.8. The quantitative estimate of drug-likeness (QED) is 0.413. The van der Waals surface area contributed by atoms with E-state index in [1.807, 2.05) is 61.7 Å². The molecule has 8 heteroatoms. The van der Waals surface area contributed by atoms with Crippen LogP contribution in [0.1, 0.15) is 23.9 Å². The lowest BCUT2D eigenvalue weighted by molar-refractivity contribution is 0.340. The molecule has 1 aromatic carbocycles. The number of ether oxygens (including phenoxy) is 1. The fourth-order valence-corrected chi connectivity index (χ4v) is 4.09. The number of thioether (sulfide) groups is 1. The van der Waals surface area contributed by atoms with E-state index in [-0.39, 0.29) is 0 Å². The summed E-state index contributed by atoms with van der Waals surface area (Å²) < 4.78 is 12.9. The van der Waals surface area contributed by atoms with Gasteiger partial charge in [-0.2, -0.15) is 0 Å². The average Bonchev–Trinajstić information content (AvgIpc) is 3.31. The SMILES string of the molecule is CCOc1ccc(-n2c(SCc3c(C)noc3C)nnc2-c2cccnc2)cc1. The highest BCUT2D eigenvalue weighted by molar-refractivity contribution is 7.98. The highest BCUT2D eigenvalue weighted by atomic mass is 32.2. The Hall–Kier alpha value is -3.13.